The number of benzene rings is 1. The van der Waals surface area contributed by atoms with Crippen LogP contribution in [-0.2, 0) is 6.54 Å². The van der Waals surface area contributed by atoms with Crippen LogP contribution in [0.1, 0.15) is 24.5 Å². The van der Waals surface area contributed by atoms with Gasteiger partial charge in [0.1, 0.15) is 0 Å². The lowest BCUT2D eigenvalue weighted by Gasteiger charge is -2.34. The van der Waals surface area contributed by atoms with Crippen molar-refractivity contribution in [3.05, 3.63) is 35.4 Å². The van der Waals surface area contributed by atoms with Crippen molar-refractivity contribution < 1.29 is 5.11 Å². The molecular weight excluding hydrogens is 198 g/mol. The van der Waals surface area contributed by atoms with Gasteiger partial charge in [-0.25, -0.2) is 0 Å². The molecule has 0 spiro atoms. The largest absolute Gasteiger partial charge is 0.392 e. The average molecular weight is 219 g/mol. The van der Waals surface area contributed by atoms with E-state index < -0.39 is 0 Å². The van der Waals surface area contributed by atoms with Crippen LogP contribution < -0.4 is 0 Å². The smallest absolute Gasteiger partial charge is 0.0693 e. The molecule has 2 heteroatoms. The third-order valence-corrected chi connectivity index (χ3v) is 3.53. The van der Waals surface area contributed by atoms with Gasteiger partial charge in [-0.15, -0.1) is 0 Å². The van der Waals surface area contributed by atoms with Gasteiger partial charge in [-0.3, -0.25) is 4.90 Å². The first-order valence-electron chi connectivity index (χ1n) is 6.11. The molecule has 2 nitrogen and oxygen atoms in total. The van der Waals surface area contributed by atoms with E-state index in [4.69, 9.17) is 0 Å². The zero-order valence-corrected chi connectivity index (χ0v) is 10.2. The Morgan fingerprint density at radius 2 is 2.00 bits per heavy atom. The van der Waals surface area contributed by atoms with E-state index >= 15 is 0 Å². The van der Waals surface area contributed by atoms with Crippen LogP contribution in [-0.4, -0.2) is 29.2 Å². The molecule has 2 rings (SSSR count). The van der Waals surface area contributed by atoms with Crippen molar-refractivity contribution in [1.29, 1.82) is 0 Å². The molecule has 1 heterocycles. The summed E-state index contributed by atoms with van der Waals surface area (Å²) in [5.74, 6) is 0.453. The quantitative estimate of drug-likeness (QED) is 0.824. The van der Waals surface area contributed by atoms with E-state index in [-0.39, 0.29) is 6.10 Å². The second kappa shape index (κ2) is 4.98. The molecule has 0 bridgehead atoms. The molecule has 1 aliphatic rings. The third kappa shape index (κ3) is 2.83. The molecule has 0 aliphatic carbocycles. The number of piperidine rings is 1. The molecule has 1 aromatic carbocycles. The summed E-state index contributed by atoms with van der Waals surface area (Å²) < 4.78 is 0. The number of aliphatic hydroxyl groups is 1. The summed E-state index contributed by atoms with van der Waals surface area (Å²) >= 11 is 0. The van der Waals surface area contributed by atoms with Gasteiger partial charge >= 0.3 is 0 Å². The lowest BCUT2D eigenvalue weighted by molar-refractivity contribution is 0.0259. The molecular formula is C14H21NO. The van der Waals surface area contributed by atoms with Gasteiger partial charge in [-0.05, 0) is 31.4 Å². The minimum absolute atomic E-state index is 0.154. The number of hydrogen-bond donors (Lipinski definition) is 1. The first-order valence-corrected chi connectivity index (χ1v) is 6.11. The average Bonchev–Trinajstić information content (AvgIpc) is 2.27. The minimum atomic E-state index is -0.154. The van der Waals surface area contributed by atoms with Crippen LogP contribution >= 0.6 is 0 Å². The first kappa shape index (κ1) is 11.6. The summed E-state index contributed by atoms with van der Waals surface area (Å²) in [6.45, 7) is 7.12. The van der Waals surface area contributed by atoms with E-state index in [9.17, 15) is 5.11 Å². The Morgan fingerprint density at radius 3 is 2.62 bits per heavy atom. The molecule has 0 saturated carbocycles. The molecule has 1 fully saturated rings. The van der Waals surface area contributed by atoms with Crippen molar-refractivity contribution >= 4 is 0 Å². The number of rotatable bonds is 2. The highest BCUT2D eigenvalue weighted by molar-refractivity contribution is 5.21. The summed E-state index contributed by atoms with van der Waals surface area (Å²) in [4.78, 5) is 2.34. The topological polar surface area (TPSA) is 23.5 Å². The van der Waals surface area contributed by atoms with Crippen LogP contribution in [0, 0.1) is 12.8 Å². The maximum Gasteiger partial charge on any atom is 0.0693 e. The normalized spacial score (nSPS) is 26.9. The fourth-order valence-electron chi connectivity index (χ4n) is 2.21. The predicted molar refractivity (Wildman–Crippen MR) is 66.2 cm³/mol. The van der Waals surface area contributed by atoms with Gasteiger partial charge < -0.3 is 5.11 Å². The molecule has 1 aliphatic heterocycles. The highest BCUT2D eigenvalue weighted by atomic mass is 16.3. The molecule has 88 valence electrons. The van der Waals surface area contributed by atoms with Crippen molar-refractivity contribution in [1.82, 2.24) is 4.90 Å². The van der Waals surface area contributed by atoms with Gasteiger partial charge in [0.25, 0.3) is 0 Å². The van der Waals surface area contributed by atoms with Crippen LogP contribution in [0.15, 0.2) is 24.3 Å². The standard InChI is InChI=1S/C14H21NO/c1-11-3-5-13(6-4-11)9-15-8-7-12(2)14(16)10-15/h3-6,12,14,16H,7-10H2,1-2H3. The molecule has 16 heavy (non-hydrogen) atoms. The SMILES string of the molecule is Cc1ccc(CN2CCC(C)C(O)C2)cc1. The lowest BCUT2D eigenvalue weighted by atomic mass is 9.96. The molecule has 2 atom stereocenters. The Hall–Kier alpha value is -0.860. The Bertz CT molecular complexity index is 333. The first-order chi connectivity index (χ1) is 7.65. The zero-order valence-electron chi connectivity index (χ0n) is 10.2. The fourth-order valence-corrected chi connectivity index (χ4v) is 2.21. The summed E-state index contributed by atoms with van der Waals surface area (Å²) in [5.41, 5.74) is 2.64. The van der Waals surface area contributed by atoms with E-state index in [1.165, 1.54) is 11.1 Å². The van der Waals surface area contributed by atoms with Crippen molar-refractivity contribution in [2.24, 2.45) is 5.92 Å². The van der Waals surface area contributed by atoms with Crippen LogP contribution in [0.25, 0.3) is 0 Å². The van der Waals surface area contributed by atoms with Crippen LogP contribution in [0.2, 0.25) is 0 Å². The van der Waals surface area contributed by atoms with E-state index in [1.807, 2.05) is 0 Å². The Labute approximate surface area is 97.9 Å². The Morgan fingerprint density at radius 1 is 1.31 bits per heavy atom. The van der Waals surface area contributed by atoms with E-state index in [1.54, 1.807) is 0 Å². The zero-order chi connectivity index (χ0) is 11.5. The van der Waals surface area contributed by atoms with Gasteiger partial charge in [0.2, 0.25) is 0 Å². The second-order valence-corrected chi connectivity index (χ2v) is 5.05. The molecule has 1 aromatic rings. The Kier molecular flexibility index (Phi) is 3.62. The second-order valence-electron chi connectivity index (χ2n) is 5.05. The van der Waals surface area contributed by atoms with Crippen molar-refractivity contribution in [3.63, 3.8) is 0 Å². The van der Waals surface area contributed by atoms with Crippen LogP contribution in [0.3, 0.4) is 0 Å². The maximum atomic E-state index is 9.83. The summed E-state index contributed by atoms with van der Waals surface area (Å²) in [6.07, 6.45) is 0.951. The van der Waals surface area contributed by atoms with Crippen molar-refractivity contribution in [2.45, 2.75) is 32.9 Å². The number of hydrogen-bond acceptors (Lipinski definition) is 2. The molecule has 0 aromatic heterocycles. The molecule has 1 N–H and O–H groups in total. The van der Waals surface area contributed by atoms with Gasteiger partial charge in [-0.2, -0.15) is 0 Å². The number of likely N-dealkylation sites (tertiary alicyclic amines) is 1. The summed E-state index contributed by atoms with van der Waals surface area (Å²) in [6, 6.07) is 8.66. The number of aliphatic hydroxyl groups excluding tert-OH is 1. The lowest BCUT2D eigenvalue weighted by Crippen LogP contribution is -2.42. The van der Waals surface area contributed by atoms with Crippen LogP contribution in [0.4, 0.5) is 0 Å². The fraction of sp³-hybridized carbons (Fsp3) is 0.571. The van der Waals surface area contributed by atoms with Gasteiger partial charge in [0.05, 0.1) is 6.10 Å². The summed E-state index contributed by atoms with van der Waals surface area (Å²) in [7, 11) is 0. The highest BCUT2D eigenvalue weighted by Gasteiger charge is 2.23. The number of aryl methyl sites for hydroxylation is 1. The van der Waals surface area contributed by atoms with E-state index in [2.05, 4.69) is 43.0 Å². The third-order valence-electron chi connectivity index (χ3n) is 3.53. The molecule has 0 amide bonds. The number of β-amino-alcohol motifs (C(OH)–C–C–N with tert-alkyl or cyclic N) is 1. The molecule has 0 radical (unpaired) electrons. The predicted octanol–water partition coefficient (Wildman–Crippen LogP) is 2.20. The monoisotopic (exact) mass is 219 g/mol. The number of nitrogens with zero attached hydrogens (tertiary/aromatic N) is 1. The van der Waals surface area contributed by atoms with Crippen molar-refractivity contribution in [2.75, 3.05) is 13.1 Å². The van der Waals surface area contributed by atoms with E-state index in [0.717, 1.165) is 26.1 Å². The van der Waals surface area contributed by atoms with Crippen LogP contribution in [0.5, 0.6) is 0 Å². The highest BCUT2D eigenvalue weighted by Crippen LogP contribution is 2.18. The van der Waals surface area contributed by atoms with Gasteiger partial charge in [0, 0.05) is 13.1 Å². The van der Waals surface area contributed by atoms with E-state index in [0.29, 0.717) is 5.92 Å². The minimum Gasteiger partial charge on any atom is -0.392 e. The van der Waals surface area contributed by atoms with Gasteiger partial charge in [-0.1, -0.05) is 36.8 Å². The molecule has 1 saturated heterocycles. The maximum absolute atomic E-state index is 9.83. The van der Waals surface area contributed by atoms with Gasteiger partial charge in [0.15, 0.2) is 0 Å². The molecule has 2 unspecified atom stereocenters. The van der Waals surface area contributed by atoms with Crippen molar-refractivity contribution in [3.8, 4) is 0 Å². The summed E-state index contributed by atoms with van der Waals surface area (Å²) in [5, 5.41) is 9.83. The Balaban J connectivity index is 1.93.